The van der Waals surface area contributed by atoms with Gasteiger partial charge >= 0.3 is 0 Å². The van der Waals surface area contributed by atoms with E-state index in [2.05, 4.69) is 10.2 Å². The minimum Gasteiger partial charge on any atom is -0.379 e. The maximum absolute atomic E-state index is 5.76. The summed E-state index contributed by atoms with van der Waals surface area (Å²) in [6.45, 7) is 7.95. The molecule has 2 aliphatic rings. The summed E-state index contributed by atoms with van der Waals surface area (Å²) in [7, 11) is 0. The second-order valence-electron chi connectivity index (χ2n) is 3.94. The maximum Gasteiger partial charge on any atom is 0.0712 e. The molecule has 0 aliphatic carbocycles. The second kappa shape index (κ2) is 5.66. The third-order valence-corrected chi connectivity index (χ3v) is 2.88. The van der Waals surface area contributed by atoms with Gasteiger partial charge in [0, 0.05) is 26.2 Å². The van der Waals surface area contributed by atoms with Crippen molar-refractivity contribution in [3.05, 3.63) is 0 Å². The fourth-order valence-corrected chi connectivity index (χ4v) is 1.94. The van der Waals surface area contributed by atoms with Gasteiger partial charge in [-0.3, -0.25) is 4.90 Å². The number of nitrogens with zero attached hydrogens (tertiary/aromatic N) is 1. The Morgan fingerprint density at radius 2 is 2.21 bits per heavy atom. The number of hydrogen-bond donors (Lipinski definition) is 1. The van der Waals surface area contributed by atoms with Crippen LogP contribution in [0.25, 0.3) is 0 Å². The molecule has 0 spiro atoms. The molecule has 2 heterocycles. The molecular weight excluding hydrogens is 180 g/mol. The minimum absolute atomic E-state index is 0.455. The molecule has 2 rings (SSSR count). The molecule has 4 heteroatoms. The van der Waals surface area contributed by atoms with E-state index in [1.54, 1.807) is 0 Å². The standard InChI is InChI=1S/C10H20N2O2/c1-2-11-9-10(1)14-8-5-12-3-6-13-7-4-12/h10-11H,1-9H2/t10-/m1/s1. The smallest absolute Gasteiger partial charge is 0.0712 e. The lowest BCUT2D eigenvalue weighted by Crippen LogP contribution is -2.38. The Kier molecular flexibility index (Phi) is 4.19. The van der Waals surface area contributed by atoms with E-state index in [1.165, 1.54) is 6.42 Å². The van der Waals surface area contributed by atoms with Crippen molar-refractivity contribution in [1.29, 1.82) is 0 Å². The van der Waals surface area contributed by atoms with Gasteiger partial charge in [0.1, 0.15) is 0 Å². The highest BCUT2D eigenvalue weighted by atomic mass is 16.5. The lowest BCUT2D eigenvalue weighted by molar-refractivity contribution is 0.00638. The first kappa shape index (κ1) is 10.4. The van der Waals surface area contributed by atoms with Crippen LogP contribution in [0.15, 0.2) is 0 Å². The molecule has 1 atom stereocenters. The van der Waals surface area contributed by atoms with E-state index >= 15 is 0 Å². The average molecular weight is 200 g/mol. The van der Waals surface area contributed by atoms with E-state index in [4.69, 9.17) is 9.47 Å². The summed E-state index contributed by atoms with van der Waals surface area (Å²) in [5.41, 5.74) is 0. The zero-order chi connectivity index (χ0) is 9.64. The monoisotopic (exact) mass is 200 g/mol. The van der Waals surface area contributed by atoms with Gasteiger partial charge in [-0.2, -0.15) is 0 Å². The molecule has 4 nitrogen and oxygen atoms in total. The predicted molar refractivity (Wildman–Crippen MR) is 54.5 cm³/mol. The molecular formula is C10H20N2O2. The van der Waals surface area contributed by atoms with Crippen molar-refractivity contribution in [2.45, 2.75) is 12.5 Å². The SMILES string of the molecule is C1C[C@@H](OCCN2CCOCC2)CN1. The summed E-state index contributed by atoms with van der Waals surface area (Å²) in [4.78, 5) is 2.41. The maximum atomic E-state index is 5.76. The molecule has 14 heavy (non-hydrogen) atoms. The third-order valence-electron chi connectivity index (χ3n) is 2.88. The van der Waals surface area contributed by atoms with Crippen molar-refractivity contribution in [2.75, 3.05) is 52.5 Å². The van der Waals surface area contributed by atoms with Crippen LogP contribution >= 0.6 is 0 Å². The molecule has 0 aromatic heterocycles. The zero-order valence-corrected chi connectivity index (χ0v) is 8.71. The van der Waals surface area contributed by atoms with Crippen molar-refractivity contribution in [1.82, 2.24) is 10.2 Å². The fourth-order valence-electron chi connectivity index (χ4n) is 1.94. The van der Waals surface area contributed by atoms with Crippen molar-refractivity contribution in [3.8, 4) is 0 Å². The summed E-state index contributed by atoms with van der Waals surface area (Å²) in [6, 6.07) is 0. The Bertz CT molecular complexity index is 154. The summed E-state index contributed by atoms with van der Waals surface area (Å²) in [5.74, 6) is 0. The summed E-state index contributed by atoms with van der Waals surface area (Å²) < 4.78 is 11.0. The second-order valence-corrected chi connectivity index (χ2v) is 3.94. The van der Waals surface area contributed by atoms with Gasteiger partial charge in [0.15, 0.2) is 0 Å². The van der Waals surface area contributed by atoms with Gasteiger partial charge in [-0.15, -0.1) is 0 Å². The molecule has 0 unspecified atom stereocenters. The van der Waals surface area contributed by atoms with E-state index in [1.807, 2.05) is 0 Å². The van der Waals surface area contributed by atoms with E-state index in [0.717, 1.165) is 52.5 Å². The van der Waals surface area contributed by atoms with Crippen LogP contribution in [0, 0.1) is 0 Å². The number of ether oxygens (including phenoxy) is 2. The van der Waals surface area contributed by atoms with E-state index in [9.17, 15) is 0 Å². The average Bonchev–Trinajstić information content (AvgIpc) is 2.72. The van der Waals surface area contributed by atoms with Crippen molar-refractivity contribution in [3.63, 3.8) is 0 Å². The zero-order valence-electron chi connectivity index (χ0n) is 8.71. The number of morpholine rings is 1. The minimum atomic E-state index is 0.455. The molecule has 2 saturated heterocycles. The Labute approximate surface area is 85.5 Å². The quantitative estimate of drug-likeness (QED) is 0.675. The molecule has 0 amide bonds. The largest absolute Gasteiger partial charge is 0.379 e. The van der Waals surface area contributed by atoms with Crippen LogP contribution in [-0.2, 0) is 9.47 Å². The molecule has 0 aromatic rings. The van der Waals surface area contributed by atoms with E-state index in [-0.39, 0.29) is 0 Å². The Balaban J connectivity index is 1.52. The molecule has 2 fully saturated rings. The first-order valence-corrected chi connectivity index (χ1v) is 5.57. The third kappa shape index (κ3) is 3.20. The van der Waals surface area contributed by atoms with E-state index < -0.39 is 0 Å². The van der Waals surface area contributed by atoms with Gasteiger partial charge in [-0.1, -0.05) is 0 Å². The fraction of sp³-hybridized carbons (Fsp3) is 1.00. The molecule has 2 aliphatic heterocycles. The van der Waals surface area contributed by atoms with Crippen molar-refractivity contribution < 1.29 is 9.47 Å². The van der Waals surface area contributed by atoms with Crippen molar-refractivity contribution >= 4 is 0 Å². The highest BCUT2D eigenvalue weighted by Gasteiger charge is 2.15. The van der Waals surface area contributed by atoms with Crippen LogP contribution in [0.1, 0.15) is 6.42 Å². The summed E-state index contributed by atoms with van der Waals surface area (Å²) in [5, 5.41) is 3.30. The molecule has 82 valence electrons. The summed E-state index contributed by atoms with van der Waals surface area (Å²) >= 11 is 0. The normalized spacial score (nSPS) is 29.6. The van der Waals surface area contributed by atoms with Gasteiger partial charge in [-0.25, -0.2) is 0 Å². The van der Waals surface area contributed by atoms with Crippen LogP contribution in [0.2, 0.25) is 0 Å². The topological polar surface area (TPSA) is 33.7 Å². The highest BCUT2D eigenvalue weighted by Crippen LogP contribution is 2.03. The first-order chi connectivity index (χ1) is 6.95. The van der Waals surface area contributed by atoms with Gasteiger partial charge in [0.2, 0.25) is 0 Å². The highest BCUT2D eigenvalue weighted by molar-refractivity contribution is 4.71. The molecule has 0 aromatic carbocycles. The van der Waals surface area contributed by atoms with E-state index in [0.29, 0.717) is 6.10 Å². The van der Waals surface area contributed by atoms with Crippen LogP contribution in [0.5, 0.6) is 0 Å². The van der Waals surface area contributed by atoms with Crippen LogP contribution in [0.3, 0.4) is 0 Å². The van der Waals surface area contributed by atoms with Crippen LogP contribution in [-0.4, -0.2) is 63.5 Å². The molecule has 0 saturated carbocycles. The van der Waals surface area contributed by atoms with Gasteiger partial charge in [0.05, 0.1) is 25.9 Å². The Morgan fingerprint density at radius 1 is 1.36 bits per heavy atom. The number of hydrogen-bond acceptors (Lipinski definition) is 4. The molecule has 1 N–H and O–H groups in total. The molecule has 0 bridgehead atoms. The number of rotatable bonds is 4. The number of nitrogens with one attached hydrogen (secondary N) is 1. The Morgan fingerprint density at radius 3 is 2.93 bits per heavy atom. The lowest BCUT2D eigenvalue weighted by atomic mass is 10.3. The Hall–Kier alpha value is -0.160. The van der Waals surface area contributed by atoms with Crippen LogP contribution in [0.4, 0.5) is 0 Å². The first-order valence-electron chi connectivity index (χ1n) is 5.57. The van der Waals surface area contributed by atoms with Crippen molar-refractivity contribution in [2.24, 2.45) is 0 Å². The van der Waals surface area contributed by atoms with Gasteiger partial charge in [0.25, 0.3) is 0 Å². The lowest BCUT2D eigenvalue weighted by Gasteiger charge is -2.26. The van der Waals surface area contributed by atoms with Gasteiger partial charge in [-0.05, 0) is 13.0 Å². The van der Waals surface area contributed by atoms with Gasteiger partial charge < -0.3 is 14.8 Å². The predicted octanol–water partition coefficient (Wildman–Crippen LogP) is -0.303. The van der Waals surface area contributed by atoms with Crippen LogP contribution < -0.4 is 5.32 Å². The summed E-state index contributed by atoms with van der Waals surface area (Å²) in [6.07, 6.45) is 1.62. The molecule has 0 radical (unpaired) electrons.